The number of rotatable bonds is 4. The molecule has 0 fully saturated rings. The van der Waals surface area contributed by atoms with Gasteiger partial charge in [0, 0.05) is 18.3 Å². The Balaban J connectivity index is 1.62. The molecule has 0 aliphatic carbocycles. The number of hydrogen-bond donors (Lipinski definition) is 0. The van der Waals surface area contributed by atoms with Crippen LogP contribution in [0, 0.1) is 10.1 Å². The van der Waals surface area contributed by atoms with Crippen LogP contribution in [0.3, 0.4) is 0 Å². The van der Waals surface area contributed by atoms with Crippen molar-refractivity contribution in [2.24, 2.45) is 0 Å². The maximum atomic E-state index is 12.7. The Morgan fingerprint density at radius 2 is 1.63 bits per heavy atom. The quantitative estimate of drug-likeness (QED) is 0.400. The van der Waals surface area contributed by atoms with Crippen LogP contribution in [0.25, 0.3) is 0 Å². The second kappa shape index (κ2) is 6.34. The van der Waals surface area contributed by atoms with Crippen molar-refractivity contribution in [1.29, 1.82) is 0 Å². The highest BCUT2D eigenvalue weighted by Crippen LogP contribution is 2.32. The van der Waals surface area contributed by atoms with Gasteiger partial charge in [-0.25, -0.2) is 4.90 Å². The van der Waals surface area contributed by atoms with E-state index >= 15 is 0 Å². The lowest BCUT2D eigenvalue weighted by atomic mass is 10.1. The number of benzene rings is 2. The van der Waals surface area contributed by atoms with Gasteiger partial charge in [0.15, 0.2) is 0 Å². The summed E-state index contributed by atoms with van der Waals surface area (Å²) in [6, 6.07) is 13.4. The van der Waals surface area contributed by atoms with Gasteiger partial charge in [-0.3, -0.25) is 24.7 Å². The van der Waals surface area contributed by atoms with Crippen molar-refractivity contribution >= 4 is 23.2 Å². The van der Waals surface area contributed by atoms with Gasteiger partial charge in [0.25, 0.3) is 17.5 Å². The second-order valence-corrected chi connectivity index (χ2v) is 5.72. The number of anilines is 1. The van der Waals surface area contributed by atoms with Crippen LogP contribution in [0.4, 0.5) is 11.4 Å². The van der Waals surface area contributed by atoms with Crippen molar-refractivity contribution < 1.29 is 19.2 Å². The summed E-state index contributed by atoms with van der Waals surface area (Å²) in [5.41, 5.74) is 0.842. The van der Waals surface area contributed by atoms with Gasteiger partial charge in [-0.2, -0.15) is 0 Å². The Bertz CT molecular complexity index is 1060. The molecule has 2 heterocycles. The minimum atomic E-state index is -0.503. The molecule has 8 heteroatoms. The molecule has 8 nitrogen and oxygen atoms in total. The van der Waals surface area contributed by atoms with Gasteiger partial charge in [0.1, 0.15) is 11.5 Å². The molecule has 132 valence electrons. The molecule has 1 aliphatic heterocycles. The average molecular weight is 361 g/mol. The largest absolute Gasteiger partial charge is 0.457 e. The molecule has 2 amide bonds. The number of nitro groups is 1. The molecule has 0 radical (unpaired) electrons. The van der Waals surface area contributed by atoms with Crippen molar-refractivity contribution in [2.75, 3.05) is 4.90 Å². The first-order valence-electron chi connectivity index (χ1n) is 7.90. The van der Waals surface area contributed by atoms with Crippen LogP contribution >= 0.6 is 0 Å². The molecule has 4 rings (SSSR count). The van der Waals surface area contributed by atoms with Crippen molar-refractivity contribution in [3.63, 3.8) is 0 Å². The van der Waals surface area contributed by atoms with Gasteiger partial charge in [0.2, 0.25) is 0 Å². The molecule has 27 heavy (non-hydrogen) atoms. The summed E-state index contributed by atoms with van der Waals surface area (Å²) >= 11 is 0. The number of fused-ring (bicyclic) bond motifs is 1. The first kappa shape index (κ1) is 16.4. The predicted molar refractivity (Wildman–Crippen MR) is 95.0 cm³/mol. The molecule has 1 aromatic heterocycles. The smallest absolute Gasteiger partial charge is 0.269 e. The number of non-ortho nitro benzene ring substituents is 1. The zero-order valence-electron chi connectivity index (χ0n) is 13.7. The van der Waals surface area contributed by atoms with E-state index < -0.39 is 16.7 Å². The van der Waals surface area contributed by atoms with Crippen LogP contribution in [-0.4, -0.2) is 21.7 Å². The van der Waals surface area contributed by atoms with Crippen LogP contribution in [-0.2, 0) is 0 Å². The number of amides is 2. The number of imide groups is 1. The fourth-order valence-electron chi connectivity index (χ4n) is 2.78. The zero-order chi connectivity index (χ0) is 19.0. The number of nitrogens with zero attached hydrogens (tertiary/aromatic N) is 3. The third-order valence-corrected chi connectivity index (χ3v) is 4.05. The Hall–Kier alpha value is -4.07. The van der Waals surface area contributed by atoms with E-state index in [0.29, 0.717) is 17.2 Å². The molecule has 3 aromatic rings. The van der Waals surface area contributed by atoms with Gasteiger partial charge < -0.3 is 4.74 Å². The highest BCUT2D eigenvalue weighted by atomic mass is 16.6. The molecule has 2 aromatic carbocycles. The van der Waals surface area contributed by atoms with E-state index in [1.807, 2.05) is 0 Å². The Morgan fingerprint density at radius 1 is 0.926 bits per heavy atom. The number of carbonyl (C=O) groups is 2. The predicted octanol–water partition coefficient (Wildman–Crippen LogP) is 3.58. The summed E-state index contributed by atoms with van der Waals surface area (Å²) in [6.45, 7) is 0. The first-order valence-corrected chi connectivity index (χ1v) is 7.90. The number of hydrogen-bond acceptors (Lipinski definition) is 6. The van der Waals surface area contributed by atoms with E-state index in [1.54, 1.807) is 24.4 Å². The first-order chi connectivity index (χ1) is 13.0. The lowest BCUT2D eigenvalue weighted by molar-refractivity contribution is -0.384. The molecule has 0 saturated heterocycles. The highest BCUT2D eigenvalue weighted by Gasteiger charge is 2.37. The van der Waals surface area contributed by atoms with Crippen LogP contribution < -0.4 is 9.64 Å². The van der Waals surface area contributed by atoms with Crippen molar-refractivity contribution in [3.8, 4) is 11.5 Å². The monoisotopic (exact) mass is 361 g/mol. The van der Waals surface area contributed by atoms with E-state index in [0.717, 1.165) is 4.90 Å². The van der Waals surface area contributed by atoms with E-state index in [2.05, 4.69) is 4.98 Å². The number of nitro benzene ring substituents is 1. The average Bonchev–Trinajstić information content (AvgIpc) is 2.93. The number of pyridine rings is 1. The molecule has 0 atom stereocenters. The normalized spacial score (nSPS) is 12.8. The van der Waals surface area contributed by atoms with Crippen LogP contribution in [0.2, 0.25) is 0 Å². The molecule has 1 aliphatic rings. The number of ether oxygens (including phenoxy) is 1. The molecular formula is C19H11N3O5. The summed E-state index contributed by atoms with van der Waals surface area (Å²) in [4.78, 5) is 40.4. The van der Waals surface area contributed by atoms with Crippen molar-refractivity contribution in [1.82, 2.24) is 4.98 Å². The maximum Gasteiger partial charge on any atom is 0.269 e. The van der Waals surface area contributed by atoms with Crippen LogP contribution in [0.1, 0.15) is 20.7 Å². The van der Waals surface area contributed by atoms with E-state index in [9.17, 15) is 19.7 Å². The van der Waals surface area contributed by atoms with Crippen molar-refractivity contribution in [2.45, 2.75) is 0 Å². The molecule has 0 N–H and O–H groups in total. The third-order valence-electron chi connectivity index (χ3n) is 4.05. The number of aromatic nitrogens is 1. The van der Waals surface area contributed by atoms with Crippen LogP contribution in [0.5, 0.6) is 11.5 Å². The van der Waals surface area contributed by atoms with Gasteiger partial charge in [-0.1, -0.05) is 0 Å². The molecular weight excluding hydrogens is 350 g/mol. The lowest BCUT2D eigenvalue weighted by Gasteiger charge is -2.12. The summed E-state index contributed by atoms with van der Waals surface area (Å²) in [5.74, 6) is -0.166. The van der Waals surface area contributed by atoms with Gasteiger partial charge in [-0.15, -0.1) is 0 Å². The molecule has 0 spiro atoms. The van der Waals surface area contributed by atoms with Gasteiger partial charge >= 0.3 is 0 Å². The summed E-state index contributed by atoms with van der Waals surface area (Å²) < 4.78 is 5.65. The topological polar surface area (TPSA) is 103 Å². The van der Waals surface area contributed by atoms with Gasteiger partial charge in [-0.05, 0) is 42.5 Å². The van der Waals surface area contributed by atoms with Crippen molar-refractivity contribution in [3.05, 3.63) is 88.2 Å². The fraction of sp³-hybridized carbons (Fsp3) is 0. The molecule has 0 saturated carbocycles. The van der Waals surface area contributed by atoms with Crippen LogP contribution in [0.15, 0.2) is 67.0 Å². The highest BCUT2D eigenvalue weighted by molar-refractivity contribution is 6.34. The Morgan fingerprint density at radius 3 is 2.30 bits per heavy atom. The minimum Gasteiger partial charge on any atom is -0.457 e. The summed E-state index contributed by atoms with van der Waals surface area (Å²) in [7, 11) is 0. The fourth-order valence-corrected chi connectivity index (χ4v) is 2.78. The minimum absolute atomic E-state index is 0.0517. The molecule has 0 unspecified atom stereocenters. The Kier molecular flexibility index (Phi) is 3.85. The van der Waals surface area contributed by atoms with E-state index in [1.165, 1.54) is 42.6 Å². The lowest BCUT2D eigenvalue weighted by Crippen LogP contribution is -2.29. The standard InChI is InChI=1S/C19H11N3O5/c23-18-16-8-7-15(27-14-5-3-12(4-6-14)22(25)26)10-17(16)19(24)21(18)13-2-1-9-20-11-13/h1-11H. The maximum absolute atomic E-state index is 12.7. The summed E-state index contributed by atoms with van der Waals surface area (Å²) in [5, 5.41) is 10.7. The Labute approximate surface area is 152 Å². The second-order valence-electron chi connectivity index (χ2n) is 5.72. The van der Waals surface area contributed by atoms with E-state index in [4.69, 9.17) is 4.74 Å². The SMILES string of the molecule is O=C1c2ccc(Oc3ccc([N+](=O)[O-])cc3)cc2C(=O)N1c1cccnc1. The molecule has 0 bridgehead atoms. The summed E-state index contributed by atoms with van der Waals surface area (Å²) in [6.07, 6.45) is 2.99. The van der Waals surface area contributed by atoms with E-state index in [-0.39, 0.29) is 16.8 Å². The number of carbonyl (C=O) groups excluding carboxylic acids is 2. The van der Waals surface area contributed by atoms with Gasteiger partial charge in [0.05, 0.1) is 27.9 Å². The third kappa shape index (κ3) is 2.89. The zero-order valence-corrected chi connectivity index (χ0v) is 13.7.